The van der Waals surface area contributed by atoms with Gasteiger partial charge in [-0.05, 0) is 6.17 Å². The quantitative estimate of drug-likeness (QED) is 0.726. The van der Waals surface area contributed by atoms with Crippen LogP contribution in [-0.4, -0.2) is 23.9 Å². The van der Waals surface area contributed by atoms with Crippen molar-refractivity contribution in [1.29, 1.82) is 0 Å². The number of hydrogen-bond donors (Lipinski definition) is 1. The summed E-state index contributed by atoms with van der Waals surface area (Å²) in [5.41, 5.74) is 0. The molecule has 0 bridgehead atoms. The van der Waals surface area contributed by atoms with Crippen LogP contribution in [0.25, 0.3) is 0 Å². The third-order valence-electron chi connectivity index (χ3n) is 1.91. The van der Waals surface area contributed by atoms with Crippen molar-refractivity contribution < 1.29 is 0 Å². The van der Waals surface area contributed by atoms with Crippen molar-refractivity contribution >= 4 is 22.9 Å². The summed E-state index contributed by atoms with van der Waals surface area (Å²) in [4.78, 5) is 3.67. The first-order chi connectivity index (χ1) is 6.08. The lowest BCUT2D eigenvalue weighted by Gasteiger charge is -2.17. The second-order valence-electron chi connectivity index (χ2n) is 4.41. The molecule has 0 spiro atoms. The van der Waals surface area contributed by atoms with Crippen LogP contribution in [0.5, 0.6) is 0 Å². The van der Waals surface area contributed by atoms with Crippen molar-refractivity contribution in [2.75, 3.05) is 6.17 Å². The monoisotopic (exact) mass is 209 g/mol. The first kappa shape index (κ1) is 10.7. The molecule has 0 heterocycles. The Labute approximate surface area is 84.5 Å². The Bertz CT molecular complexity index is 241. The SMILES string of the molecule is C[Si](C)(C)NC[SiH2]c1ccccc1. The average molecular weight is 209 g/mol. The summed E-state index contributed by atoms with van der Waals surface area (Å²) >= 11 is 0. The van der Waals surface area contributed by atoms with Gasteiger partial charge in [0.25, 0.3) is 0 Å². The van der Waals surface area contributed by atoms with Gasteiger partial charge >= 0.3 is 0 Å². The largest absolute Gasteiger partial charge is 0.340 e. The Balaban J connectivity index is 2.29. The predicted molar refractivity (Wildman–Crippen MR) is 66.0 cm³/mol. The van der Waals surface area contributed by atoms with Crippen LogP contribution in [0.15, 0.2) is 30.3 Å². The van der Waals surface area contributed by atoms with E-state index in [1.54, 1.807) is 5.19 Å². The fourth-order valence-corrected chi connectivity index (χ4v) is 5.62. The van der Waals surface area contributed by atoms with E-state index in [-0.39, 0.29) is 9.52 Å². The topological polar surface area (TPSA) is 12.0 Å². The van der Waals surface area contributed by atoms with E-state index in [1.165, 1.54) is 6.17 Å². The summed E-state index contributed by atoms with van der Waals surface area (Å²) in [5.74, 6) is 0. The maximum absolute atomic E-state index is 3.67. The third-order valence-corrected chi connectivity index (χ3v) is 5.27. The third kappa shape index (κ3) is 5.03. The first-order valence-corrected chi connectivity index (χ1v) is 10.1. The van der Waals surface area contributed by atoms with Gasteiger partial charge in [-0.15, -0.1) is 0 Å². The van der Waals surface area contributed by atoms with E-state index < -0.39 is 8.24 Å². The maximum Gasteiger partial charge on any atom is 0.116 e. The number of hydrogen-bond acceptors (Lipinski definition) is 1. The second kappa shape index (κ2) is 4.74. The Morgan fingerprint density at radius 1 is 1.15 bits per heavy atom. The molecule has 13 heavy (non-hydrogen) atoms. The molecule has 0 aliphatic carbocycles. The van der Waals surface area contributed by atoms with Crippen LogP contribution in [-0.2, 0) is 0 Å². The van der Waals surface area contributed by atoms with Crippen LogP contribution < -0.4 is 10.2 Å². The normalized spacial score (nSPS) is 12.5. The Morgan fingerprint density at radius 2 is 1.77 bits per heavy atom. The highest BCUT2D eigenvalue weighted by Gasteiger charge is 2.10. The zero-order chi connectivity index (χ0) is 9.73. The lowest BCUT2D eigenvalue weighted by Crippen LogP contribution is -2.45. The summed E-state index contributed by atoms with van der Waals surface area (Å²) in [7, 11) is -1.09. The molecule has 0 amide bonds. The molecule has 1 aromatic carbocycles. The molecule has 0 fully saturated rings. The van der Waals surface area contributed by atoms with Gasteiger partial charge in [0.2, 0.25) is 0 Å². The first-order valence-electron chi connectivity index (χ1n) is 4.87. The van der Waals surface area contributed by atoms with Crippen LogP contribution in [0.4, 0.5) is 0 Å². The minimum absolute atomic E-state index is 0.0676. The van der Waals surface area contributed by atoms with E-state index >= 15 is 0 Å². The minimum Gasteiger partial charge on any atom is -0.340 e. The molecular weight excluding hydrogens is 190 g/mol. The van der Waals surface area contributed by atoms with Gasteiger partial charge in [0.15, 0.2) is 0 Å². The van der Waals surface area contributed by atoms with Gasteiger partial charge in [0.1, 0.15) is 8.24 Å². The molecule has 0 saturated heterocycles. The molecule has 1 aromatic rings. The van der Waals surface area contributed by atoms with Crippen LogP contribution >= 0.6 is 0 Å². The molecule has 0 aliphatic heterocycles. The van der Waals surface area contributed by atoms with Crippen LogP contribution in [0.1, 0.15) is 0 Å². The van der Waals surface area contributed by atoms with E-state index in [1.807, 2.05) is 0 Å². The van der Waals surface area contributed by atoms with Crippen molar-refractivity contribution in [2.24, 2.45) is 0 Å². The standard InChI is InChI=1S/C10H19NSi2/c1-13(2,3)11-9-12-10-7-5-4-6-8-10/h4-8,11H,9,12H2,1-3H3. The maximum atomic E-state index is 3.67. The smallest absolute Gasteiger partial charge is 0.116 e. The van der Waals surface area contributed by atoms with Gasteiger partial charge in [0.05, 0.1) is 9.52 Å². The fourth-order valence-electron chi connectivity index (χ4n) is 1.23. The fraction of sp³-hybridized carbons (Fsp3) is 0.400. The molecule has 0 atom stereocenters. The Hall–Kier alpha value is -0.386. The number of nitrogens with one attached hydrogen (secondary N) is 1. The zero-order valence-electron chi connectivity index (χ0n) is 8.80. The average Bonchev–Trinajstić information content (AvgIpc) is 2.04. The van der Waals surface area contributed by atoms with Crippen molar-refractivity contribution in [3.8, 4) is 0 Å². The molecule has 0 radical (unpaired) electrons. The van der Waals surface area contributed by atoms with E-state index in [0.29, 0.717) is 0 Å². The predicted octanol–water partition coefficient (Wildman–Crippen LogP) is 0.863. The minimum atomic E-state index is -1.03. The summed E-state index contributed by atoms with van der Waals surface area (Å²) < 4.78 is 0. The molecule has 1 rings (SSSR count). The highest BCUT2D eigenvalue weighted by molar-refractivity contribution is 6.74. The highest BCUT2D eigenvalue weighted by atomic mass is 28.3. The number of benzene rings is 1. The van der Waals surface area contributed by atoms with Gasteiger partial charge in [-0.1, -0.05) is 55.2 Å². The van der Waals surface area contributed by atoms with Crippen molar-refractivity contribution in [3.05, 3.63) is 30.3 Å². The van der Waals surface area contributed by atoms with Crippen molar-refractivity contribution in [2.45, 2.75) is 19.6 Å². The highest BCUT2D eigenvalue weighted by Crippen LogP contribution is 1.92. The Morgan fingerprint density at radius 3 is 2.31 bits per heavy atom. The van der Waals surface area contributed by atoms with E-state index in [0.717, 1.165) is 0 Å². The molecule has 1 nitrogen and oxygen atoms in total. The molecule has 3 heteroatoms. The molecule has 72 valence electrons. The second-order valence-corrected chi connectivity index (χ2v) is 11.1. The summed E-state index contributed by atoms with van der Waals surface area (Å²) in [6, 6.07) is 10.9. The van der Waals surface area contributed by atoms with Gasteiger partial charge in [-0.3, -0.25) is 0 Å². The van der Waals surface area contributed by atoms with E-state index in [2.05, 4.69) is 55.0 Å². The van der Waals surface area contributed by atoms with Gasteiger partial charge < -0.3 is 4.98 Å². The summed E-state index contributed by atoms with van der Waals surface area (Å²) in [6.45, 7) is 7.06. The van der Waals surface area contributed by atoms with E-state index in [9.17, 15) is 0 Å². The van der Waals surface area contributed by atoms with E-state index in [4.69, 9.17) is 0 Å². The summed E-state index contributed by atoms with van der Waals surface area (Å²) in [5, 5.41) is 1.56. The van der Waals surface area contributed by atoms with Crippen LogP contribution in [0, 0.1) is 0 Å². The molecule has 1 N–H and O–H groups in total. The molecule has 0 aromatic heterocycles. The molecule has 0 saturated carbocycles. The van der Waals surface area contributed by atoms with Crippen LogP contribution in [0.3, 0.4) is 0 Å². The molecular formula is C10H19NSi2. The van der Waals surface area contributed by atoms with Crippen molar-refractivity contribution in [1.82, 2.24) is 4.98 Å². The van der Waals surface area contributed by atoms with Gasteiger partial charge in [-0.2, -0.15) is 0 Å². The lowest BCUT2D eigenvalue weighted by molar-refractivity contribution is 1.10. The summed E-state index contributed by atoms with van der Waals surface area (Å²) in [6.07, 6.45) is 1.25. The van der Waals surface area contributed by atoms with Crippen LogP contribution in [0.2, 0.25) is 19.6 Å². The zero-order valence-corrected chi connectivity index (χ0v) is 11.2. The molecule has 0 aliphatic rings. The lowest BCUT2D eigenvalue weighted by atomic mass is 10.4. The Kier molecular flexibility index (Phi) is 3.90. The van der Waals surface area contributed by atoms with Crippen molar-refractivity contribution in [3.63, 3.8) is 0 Å². The molecule has 0 unspecified atom stereocenters. The van der Waals surface area contributed by atoms with Gasteiger partial charge in [0, 0.05) is 0 Å². The van der Waals surface area contributed by atoms with Gasteiger partial charge in [-0.25, -0.2) is 0 Å². The number of rotatable bonds is 4.